The minimum Gasteiger partial charge on any atom is -0.480 e. The fraction of sp³-hybridized carbons (Fsp3) is 0.320. The van der Waals surface area contributed by atoms with Crippen molar-refractivity contribution in [3.8, 4) is 10.6 Å². The Kier molecular flexibility index (Phi) is 9.84. The summed E-state index contributed by atoms with van der Waals surface area (Å²) in [5.74, 6) is -0.165. The number of aryl methyl sites for hydroxylation is 1. The van der Waals surface area contributed by atoms with Crippen LogP contribution < -0.4 is 4.90 Å². The largest absolute Gasteiger partial charge is 0.480 e. The molecule has 190 valence electrons. The number of carboxylic acids is 1. The van der Waals surface area contributed by atoms with Crippen LogP contribution >= 0.6 is 46.8 Å². The Labute approximate surface area is 229 Å². The van der Waals surface area contributed by atoms with Gasteiger partial charge >= 0.3 is 5.97 Å². The number of anilines is 1. The monoisotopic (exact) mass is 561 g/mol. The Bertz CT molecular complexity index is 1250. The number of thiazole rings is 2. The number of halogens is 1. The number of hydrogen-bond donors (Lipinski definition) is 1. The van der Waals surface area contributed by atoms with E-state index in [0.29, 0.717) is 25.5 Å². The number of benzene rings is 1. The van der Waals surface area contributed by atoms with Gasteiger partial charge in [0.15, 0.2) is 4.34 Å². The van der Waals surface area contributed by atoms with Crippen molar-refractivity contribution < 1.29 is 9.90 Å². The maximum atomic E-state index is 11.4. The van der Waals surface area contributed by atoms with Crippen LogP contribution in [0.2, 0.25) is 0 Å². The Balaban J connectivity index is 0.00000361. The van der Waals surface area contributed by atoms with Crippen molar-refractivity contribution in [2.75, 3.05) is 11.4 Å². The van der Waals surface area contributed by atoms with Crippen LogP contribution in [0.5, 0.6) is 0 Å². The van der Waals surface area contributed by atoms with E-state index in [-0.39, 0.29) is 12.4 Å². The summed E-state index contributed by atoms with van der Waals surface area (Å²) in [5.41, 5.74) is 4.30. The van der Waals surface area contributed by atoms with Gasteiger partial charge in [-0.2, -0.15) is 0 Å². The van der Waals surface area contributed by atoms with Crippen LogP contribution in [-0.2, 0) is 24.2 Å². The highest BCUT2D eigenvalue weighted by Crippen LogP contribution is 2.34. The van der Waals surface area contributed by atoms with Gasteiger partial charge in [-0.05, 0) is 31.4 Å². The van der Waals surface area contributed by atoms with Gasteiger partial charge in [-0.15, -0.1) is 35.1 Å². The second-order valence-corrected chi connectivity index (χ2v) is 12.1. The summed E-state index contributed by atoms with van der Waals surface area (Å²) >= 11 is 4.39. The summed E-state index contributed by atoms with van der Waals surface area (Å²) in [7, 11) is 0. The lowest BCUT2D eigenvalue weighted by Crippen LogP contribution is -2.27. The molecule has 0 spiro atoms. The zero-order chi connectivity index (χ0) is 24.8. The molecule has 11 heteroatoms. The number of carbonyl (C=O) groups is 1. The van der Waals surface area contributed by atoms with E-state index in [2.05, 4.69) is 56.0 Å². The summed E-state index contributed by atoms with van der Waals surface area (Å²) < 4.78 is -0.152. The van der Waals surface area contributed by atoms with Gasteiger partial charge in [0, 0.05) is 54.4 Å². The second kappa shape index (κ2) is 12.6. The van der Waals surface area contributed by atoms with Crippen LogP contribution in [0.1, 0.15) is 37.6 Å². The Morgan fingerprint density at radius 1 is 1.08 bits per heavy atom. The first-order valence-electron chi connectivity index (χ1n) is 11.3. The Morgan fingerprint density at radius 3 is 2.42 bits per heavy atom. The van der Waals surface area contributed by atoms with E-state index in [1.54, 1.807) is 25.2 Å². The van der Waals surface area contributed by atoms with Gasteiger partial charge in [-0.1, -0.05) is 43.0 Å². The van der Waals surface area contributed by atoms with Crippen LogP contribution in [0, 0.1) is 0 Å². The van der Waals surface area contributed by atoms with Crippen LogP contribution in [0.25, 0.3) is 10.6 Å². The van der Waals surface area contributed by atoms with Crippen LogP contribution in [0.3, 0.4) is 0 Å². The molecule has 0 saturated carbocycles. The molecule has 0 aliphatic heterocycles. The molecule has 0 saturated heterocycles. The molecule has 0 unspecified atom stereocenters. The van der Waals surface area contributed by atoms with E-state index in [1.807, 2.05) is 29.4 Å². The molecule has 1 aromatic carbocycles. The number of hydrogen-bond acceptors (Lipinski definition) is 9. The molecule has 0 fully saturated rings. The number of rotatable bonds is 11. The molecule has 4 aromatic rings. The number of nitrogens with zero attached hydrogens (tertiary/aromatic N) is 5. The van der Waals surface area contributed by atoms with Gasteiger partial charge in [-0.3, -0.25) is 4.79 Å². The first-order valence-corrected chi connectivity index (χ1v) is 13.8. The van der Waals surface area contributed by atoms with Gasteiger partial charge < -0.3 is 10.0 Å². The van der Waals surface area contributed by atoms with Crippen molar-refractivity contribution >= 4 is 58.8 Å². The Hall–Kier alpha value is -2.53. The summed E-state index contributed by atoms with van der Waals surface area (Å²) in [6, 6.07) is 8.44. The number of thioether (sulfide) groups is 1. The lowest BCUT2D eigenvalue weighted by atomic mass is 10.1. The number of aromatic nitrogens is 4. The molecule has 0 bridgehead atoms. The molecule has 0 aliphatic rings. The van der Waals surface area contributed by atoms with Crippen molar-refractivity contribution in [1.82, 2.24) is 19.9 Å². The third kappa shape index (κ3) is 7.25. The quantitative estimate of drug-likeness (QED) is 0.215. The summed E-state index contributed by atoms with van der Waals surface area (Å²) in [4.78, 5) is 31.9. The highest BCUT2D eigenvalue weighted by atomic mass is 35.5. The highest BCUT2D eigenvalue weighted by Gasteiger charge is 2.29. The molecule has 4 rings (SSSR count). The zero-order valence-corrected chi connectivity index (χ0v) is 23.5. The molecule has 3 aromatic heterocycles. The third-order valence-electron chi connectivity index (χ3n) is 5.42. The minimum absolute atomic E-state index is 0. The first kappa shape index (κ1) is 28.0. The van der Waals surface area contributed by atoms with Crippen LogP contribution in [0.15, 0.2) is 58.0 Å². The van der Waals surface area contributed by atoms with Gasteiger partial charge in [0.1, 0.15) is 9.75 Å². The van der Waals surface area contributed by atoms with Crippen LogP contribution in [0.4, 0.5) is 5.95 Å². The molecule has 0 amide bonds. The first-order chi connectivity index (χ1) is 16.8. The SMILES string of the molecule is CCc1cnc(N(CCc2csc(SC(C)(C)C(=O)O)n2)Cc2ccc(-c3nccs3)cc2)nc1.Cl. The summed E-state index contributed by atoms with van der Waals surface area (Å²) in [6.45, 7) is 6.83. The van der Waals surface area contributed by atoms with Crippen molar-refractivity contribution in [1.29, 1.82) is 0 Å². The smallest absolute Gasteiger partial charge is 0.319 e. The van der Waals surface area contributed by atoms with Crippen molar-refractivity contribution in [3.05, 3.63) is 70.4 Å². The fourth-order valence-electron chi connectivity index (χ4n) is 3.24. The average Bonchev–Trinajstić information content (AvgIpc) is 3.54. The van der Waals surface area contributed by atoms with Crippen molar-refractivity contribution in [3.63, 3.8) is 0 Å². The van der Waals surface area contributed by atoms with Crippen LogP contribution in [-0.4, -0.2) is 42.3 Å². The number of carboxylic acid groups (broad SMARTS) is 1. The summed E-state index contributed by atoms with van der Waals surface area (Å²) in [6.07, 6.45) is 7.18. The van der Waals surface area contributed by atoms with Crippen molar-refractivity contribution in [2.45, 2.75) is 49.2 Å². The topological polar surface area (TPSA) is 92.1 Å². The molecule has 1 N–H and O–H groups in total. The summed E-state index contributed by atoms with van der Waals surface area (Å²) in [5, 5.41) is 14.4. The fourth-order valence-corrected chi connectivity index (χ4v) is 6.11. The molecular weight excluding hydrogens is 534 g/mol. The van der Waals surface area contributed by atoms with E-state index in [0.717, 1.165) is 38.2 Å². The number of aliphatic carboxylic acids is 1. The molecule has 3 heterocycles. The van der Waals surface area contributed by atoms with E-state index >= 15 is 0 Å². The molecule has 0 atom stereocenters. The molecule has 7 nitrogen and oxygen atoms in total. The maximum Gasteiger partial charge on any atom is 0.319 e. The second-order valence-electron chi connectivity index (χ2n) is 8.47. The van der Waals surface area contributed by atoms with E-state index in [1.165, 1.54) is 23.1 Å². The molecular formula is C25H28ClN5O2S3. The standard InChI is InChI=1S/C25H27N5O2S3.ClH/c1-4-17-13-27-23(28-14-17)30(15-18-5-7-19(8-6-18)21-26-10-12-33-21)11-9-20-16-34-24(29-20)35-25(2,3)22(31)32;/h5-8,10,12-14,16H,4,9,11,15H2,1-3H3,(H,31,32);1H. The normalized spacial score (nSPS) is 11.2. The predicted molar refractivity (Wildman–Crippen MR) is 151 cm³/mol. The average molecular weight is 562 g/mol. The third-order valence-corrected chi connectivity index (χ3v) is 8.41. The van der Waals surface area contributed by atoms with Crippen molar-refractivity contribution in [2.24, 2.45) is 0 Å². The van der Waals surface area contributed by atoms with Gasteiger partial charge in [0.25, 0.3) is 0 Å². The van der Waals surface area contributed by atoms with Gasteiger partial charge in [0.05, 0.1) is 5.69 Å². The van der Waals surface area contributed by atoms with E-state index in [9.17, 15) is 9.90 Å². The van der Waals surface area contributed by atoms with Gasteiger partial charge in [-0.25, -0.2) is 19.9 Å². The molecule has 0 radical (unpaired) electrons. The van der Waals surface area contributed by atoms with E-state index < -0.39 is 10.7 Å². The van der Waals surface area contributed by atoms with Gasteiger partial charge in [0.2, 0.25) is 5.95 Å². The predicted octanol–water partition coefficient (Wildman–Crippen LogP) is 6.25. The van der Waals surface area contributed by atoms with E-state index in [4.69, 9.17) is 0 Å². The lowest BCUT2D eigenvalue weighted by molar-refractivity contribution is -0.138. The zero-order valence-electron chi connectivity index (χ0n) is 20.2. The Morgan fingerprint density at radius 2 is 1.81 bits per heavy atom. The maximum absolute atomic E-state index is 11.4. The molecule has 0 aliphatic carbocycles. The minimum atomic E-state index is -0.916. The molecule has 36 heavy (non-hydrogen) atoms. The highest BCUT2D eigenvalue weighted by molar-refractivity contribution is 8.03. The lowest BCUT2D eigenvalue weighted by Gasteiger charge is -2.22.